The summed E-state index contributed by atoms with van der Waals surface area (Å²) >= 11 is 0. The lowest BCUT2D eigenvalue weighted by Crippen LogP contribution is -2.40. The molecule has 96 valence electrons. The van der Waals surface area contributed by atoms with Crippen LogP contribution in [0.2, 0.25) is 0 Å². The van der Waals surface area contributed by atoms with E-state index in [4.69, 9.17) is 5.11 Å². The van der Waals surface area contributed by atoms with Crippen LogP contribution in [-0.4, -0.2) is 35.5 Å². The normalized spacial score (nSPS) is 13.5. The van der Waals surface area contributed by atoms with Gasteiger partial charge in [0.15, 0.2) is 5.03 Å². The molecule has 1 unspecified atom stereocenters. The van der Waals surface area contributed by atoms with Gasteiger partial charge in [-0.25, -0.2) is 13.4 Å². The molecule has 0 aliphatic carbocycles. The number of nitrogens with zero attached hydrogens (tertiary/aromatic N) is 1. The van der Waals surface area contributed by atoms with Crippen molar-refractivity contribution in [1.82, 2.24) is 14.7 Å². The summed E-state index contributed by atoms with van der Waals surface area (Å²) in [6, 6.07) is -1.13. The van der Waals surface area contributed by atoms with E-state index in [9.17, 15) is 13.2 Å². The minimum absolute atomic E-state index is 0.117. The number of carboxylic acid groups (broad SMARTS) is 1. The van der Waals surface area contributed by atoms with Gasteiger partial charge in [0, 0.05) is 6.42 Å². The van der Waals surface area contributed by atoms with Gasteiger partial charge in [-0.15, -0.1) is 0 Å². The number of hydrogen-bond acceptors (Lipinski definition) is 4. The highest BCUT2D eigenvalue weighted by molar-refractivity contribution is 7.89. The average molecular weight is 261 g/mol. The zero-order valence-corrected chi connectivity index (χ0v) is 10.4. The second kappa shape index (κ2) is 5.28. The quantitative estimate of drug-likeness (QED) is 0.673. The fourth-order valence-electron chi connectivity index (χ4n) is 1.22. The Bertz CT molecular complexity index is 494. The van der Waals surface area contributed by atoms with E-state index < -0.39 is 22.0 Å². The van der Waals surface area contributed by atoms with Crippen LogP contribution in [-0.2, 0) is 21.2 Å². The molecular weight excluding hydrogens is 246 g/mol. The van der Waals surface area contributed by atoms with Crippen LogP contribution in [0.3, 0.4) is 0 Å². The molecule has 0 fully saturated rings. The number of rotatable bonds is 6. The number of aliphatic carboxylic acids is 1. The third-order valence-electron chi connectivity index (χ3n) is 2.23. The number of hydrogen-bond donors (Lipinski definition) is 3. The smallest absolute Gasteiger partial charge is 0.321 e. The van der Waals surface area contributed by atoms with Crippen LogP contribution in [0.5, 0.6) is 0 Å². The maximum atomic E-state index is 11.8. The molecule has 0 saturated heterocycles. The zero-order valence-electron chi connectivity index (χ0n) is 9.60. The molecule has 0 aromatic carbocycles. The van der Waals surface area contributed by atoms with Crippen LogP contribution in [0.15, 0.2) is 11.2 Å². The van der Waals surface area contributed by atoms with Crippen molar-refractivity contribution in [2.75, 3.05) is 0 Å². The van der Waals surface area contributed by atoms with Crippen molar-refractivity contribution in [3.05, 3.63) is 12.0 Å². The van der Waals surface area contributed by atoms with Crippen LogP contribution in [0, 0.1) is 0 Å². The van der Waals surface area contributed by atoms with E-state index in [1.165, 1.54) is 6.20 Å². The molecule has 1 aromatic heterocycles. The molecule has 0 aliphatic heterocycles. The lowest BCUT2D eigenvalue weighted by Gasteiger charge is -2.11. The van der Waals surface area contributed by atoms with Gasteiger partial charge in [-0.05, 0) is 6.42 Å². The molecular formula is C9H15N3O4S. The summed E-state index contributed by atoms with van der Waals surface area (Å²) in [6.45, 7) is 3.42. The molecule has 0 amide bonds. The van der Waals surface area contributed by atoms with Crippen molar-refractivity contribution in [3.63, 3.8) is 0 Å². The van der Waals surface area contributed by atoms with E-state index in [2.05, 4.69) is 14.7 Å². The number of nitrogens with one attached hydrogen (secondary N) is 2. The highest BCUT2D eigenvalue weighted by atomic mass is 32.2. The molecule has 0 saturated carbocycles. The van der Waals surface area contributed by atoms with E-state index in [-0.39, 0.29) is 11.4 Å². The predicted molar refractivity (Wildman–Crippen MR) is 60.0 cm³/mol. The molecule has 8 heteroatoms. The zero-order chi connectivity index (χ0) is 13.1. The molecule has 0 aliphatic rings. The third kappa shape index (κ3) is 3.27. The summed E-state index contributed by atoms with van der Waals surface area (Å²) < 4.78 is 25.7. The van der Waals surface area contributed by atoms with E-state index in [1.54, 1.807) is 6.92 Å². The van der Waals surface area contributed by atoms with Crippen LogP contribution >= 0.6 is 0 Å². The monoisotopic (exact) mass is 261 g/mol. The molecule has 0 radical (unpaired) electrons. The van der Waals surface area contributed by atoms with Gasteiger partial charge in [0.2, 0.25) is 0 Å². The van der Waals surface area contributed by atoms with E-state index in [1.807, 2.05) is 6.92 Å². The van der Waals surface area contributed by atoms with Crippen LogP contribution in [0.4, 0.5) is 0 Å². The standard InChI is InChI=1S/C9H15N3O4S/c1-3-6(9(13)14)12-17(15,16)8-5-10-7(4-2)11-8/h5-6,12H,3-4H2,1-2H3,(H,10,11)(H,13,14). The molecule has 3 N–H and O–H groups in total. The summed E-state index contributed by atoms with van der Waals surface area (Å²) in [7, 11) is -3.85. The van der Waals surface area contributed by atoms with E-state index in [0.29, 0.717) is 12.2 Å². The van der Waals surface area contributed by atoms with Crippen molar-refractivity contribution >= 4 is 16.0 Å². The molecule has 17 heavy (non-hydrogen) atoms. The van der Waals surface area contributed by atoms with Crippen LogP contribution in [0.25, 0.3) is 0 Å². The first-order valence-electron chi connectivity index (χ1n) is 5.19. The van der Waals surface area contributed by atoms with Crippen molar-refractivity contribution in [3.8, 4) is 0 Å². The minimum atomic E-state index is -3.85. The highest BCUT2D eigenvalue weighted by Crippen LogP contribution is 2.07. The number of imidazole rings is 1. The Morgan fingerprint density at radius 2 is 2.24 bits per heavy atom. The Kier molecular flexibility index (Phi) is 4.24. The number of carbonyl (C=O) groups is 1. The second-order valence-electron chi connectivity index (χ2n) is 3.47. The largest absolute Gasteiger partial charge is 0.480 e. The highest BCUT2D eigenvalue weighted by Gasteiger charge is 2.25. The fraction of sp³-hybridized carbons (Fsp3) is 0.556. The first-order chi connectivity index (χ1) is 7.90. The number of carboxylic acids is 1. The van der Waals surface area contributed by atoms with Crippen molar-refractivity contribution in [2.45, 2.75) is 37.8 Å². The summed E-state index contributed by atoms with van der Waals surface area (Å²) in [6.07, 6.45) is 1.92. The number of aryl methyl sites for hydroxylation is 1. The summed E-state index contributed by atoms with van der Waals surface area (Å²) in [5.41, 5.74) is 0. The average Bonchev–Trinajstić information content (AvgIpc) is 2.74. The van der Waals surface area contributed by atoms with Gasteiger partial charge in [0.05, 0.1) is 6.20 Å². The molecule has 1 rings (SSSR count). The van der Waals surface area contributed by atoms with Gasteiger partial charge >= 0.3 is 5.97 Å². The lowest BCUT2D eigenvalue weighted by atomic mass is 10.2. The van der Waals surface area contributed by atoms with Crippen molar-refractivity contribution in [1.29, 1.82) is 0 Å². The number of aromatic nitrogens is 2. The number of sulfonamides is 1. The van der Waals surface area contributed by atoms with Gasteiger partial charge in [-0.2, -0.15) is 4.72 Å². The third-order valence-corrected chi connectivity index (χ3v) is 3.61. The Morgan fingerprint density at radius 1 is 1.59 bits per heavy atom. The molecule has 7 nitrogen and oxygen atoms in total. The Morgan fingerprint density at radius 3 is 2.65 bits per heavy atom. The first kappa shape index (κ1) is 13.7. The number of H-pyrrole nitrogens is 1. The first-order valence-corrected chi connectivity index (χ1v) is 6.68. The molecule has 1 atom stereocenters. The van der Waals surface area contributed by atoms with Crippen LogP contribution < -0.4 is 4.72 Å². The van der Waals surface area contributed by atoms with Gasteiger partial charge in [0.1, 0.15) is 11.9 Å². The van der Waals surface area contributed by atoms with Crippen LogP contribution in [0.1, 0.15) is 26.1 Å². The van der Waals surface area contributed by atoms with Crippen molar-refractivity contribution < 1.29 is 18.3 Å². The molecule has 0 bridgehead atoms. The second-order valence-corrected chi connectivity index (χ2v) is 5.15. The van der Waals surface area contributed by atoms with Crippen molar-refractivity contribution in [2.24, 2.45) is 0 Å². The maximum Gasteiger partial charge on any atom is 0.321 e. The summed E-state index contributed by atoms with van der Waals surface area (Å²) in [5.74, 6) is -0.667. The number of aromatic amines is 1. The Labute approximate surface area is 99.3 Å². The topological polar surface area (TPSA) is 112 Å². The summed E-state index contributed by atoms with van der Waals surface area (Å²) in [5, 5.41) is 8.67. The lowest BCUT2D eigenvalue weighted by molar-refractivity contribution is -0.139. The van der Waals surface area contributed by atoms with Gasteiger partial charge in [0.25, 0.3) is 10.0 Å². The Balaban J connectivity index is 2.91. The minimum Gasteiger partial charge on any atom is -0.480 e. The Hall–Kier alpha value is -1.41. The SMILES string of the molecule is CCc1ncc(S(=O)(=O)NC(CC)C(=O)O)[nH]1. The predicted octanol–water partition coefficient (Wildman–Crippen LogP) is 0.114. The molecule has 1 aromatic rings. The van der Waals surface area contributed by atoms with E-state index >= 15 is 0 Å². The molecule has 0 spiro atoms. The van der Waals surface area contributed by atoms with Gasteiger partial charge in [-0.3, -0.25) is 4.79 Å². The van der Waals surface area contributed by atoms with Gasteiger partial charge in [-0.1, -0.05) is 13.8 Å². The summed E-state index contributed by atoms with van der Waals surface area (Å²) in [4.78, 5) is 17.2. The van der Waals surface area contributed by atoms with E-state index in [0.717, 1.165) is 0 Å². The molecule has 1 heterocycles. The maximum absolute atomic E-state index is 11.8. The fourth-order valence-corrected chi connectivity index (χ4v) is 2.43. The van der Waals surface area contributed by atoms with Gasteiger partial charge < -0.3 is 10.1 Å².